The van der Waals surface area contributed by atoms with Crippen LogP contribution in [-0.4, -0.2) is 28.0 Å². The number of benzene rings is 1. The monoisotopic (exact) mass is 351 g/mol. The number of hydrogen-bond donors (Lipinski definition) is 1. The van der Waals surface area contributed by atoms with Crippen molar-refractivity contribution in [3.8, 4) is 5.75 Å². The van der Waals surface area contributed by atoms with Gasteiger partial charge in [0.15, 0.2) is 11.6 Å². The summed E-state index contributed by atoms with van der Waals surface area (Å²) in [7, 11) is 0. The first kappa shape index (κ1) is 17.7. The highest BCUT2D eigenvalue weighted by atomic mass is 16.5. The lowest BCUT2D eigenvalue weighted by Gasteiger charge is -2.10. The van der Waals surface area contributed by atoms with E-state index in [-0.39, 0.29) is 24.7 Å². The molecule has 0 radical (unpaired) electrons. The van der Waals surface area contributed by atoms with Gasteiger partial charge in [-0.3, -0.25) is 14.2 Å². The summed E-state index contributed by atoms with van der Waals surface area (Å²) in [6.45, 7) is 2.55. The van der Waals surface area contributed by atoms with Crippen LogP contribution in [0.4, 0.5) is 5.82 Å². The summed E-state index contributed by atoms with van der Waals surface area (Å²) in [4.78, 5) is 28.8. The molecule has 0 bridgehead atoms. The zero-order valence-electron chi connectivity index (χ0n) is 14.6. The first-order valence-electron chi connectivity index (χ1n) is 8.66. The second kappa shape index (κ2) is 8.29. The Morgan fingerprint density at radius 3 is 2.81 bits per heavy atom. The maximum absolute atomic E-state index is 12.4. The Labute approximate surface area is 151 Å². The number of para-hydroxylation sites is 1. The van der Waals surface area contributed by atoms with E-state index in [1.165, 1.54) is 0 Å². The number of nitrogens with zero attached hydrogens (tertiary/aromatic N) is 2. The molecule has 0 saturated carbocycles. The summed E-state index contributed by atoms with van der Waals surface area (Å²) in [6.07, 6.45) is 4.38. The Morgan fingerprint density at radius 2 is 1.96 bits per heavy atom. The molecule has 3 aromatic rings. The molecule has 6 heteroatoms. The van der Waals surface area contributed by atoms with Crippen LogP contribution >= 0.6 is 0 Å². The summed E-state index contributed by atoms with van der Waals surface area (Å²) >= 11 is 0. The van der Waals surface area contributed by atoms with Gasteiger partial charge in [-0.25, -0.2) is 4.98 Å². The molecular formula is C20H21N3O3. The van der Waals surface area contributed by atoms with Gasteiger partial charge in [0, 0.05) is 30.6 Å². The number of ether oxygens (including phenoxy) is 1. The average molecular weight is 351 g/mol. The topological polar surface area (TPSA) is 73.2 Å². The Balaban J connectivity index is 1.60. The van der Waals surface area contributed by atoms with E-state index >= 15 is 0 Å². The van der Waals surface area contributed by atoms with Gasteiger partial charge >= 0.3 is 0 Å². The third-order valence-electron chi connectivity index (χ3n) is 3.92. The van der Waals surface area contributed by atoms with Crippen molar-refractivity contribution in [2.75, 3.05) is 11.9 Å². The van der Waals surface area contributed by atoms with Crippen molar-refractivity contribution in [1.29, 1.82) is 0 Å². The maximum Gasteiger partial charge on any atom is 0.231 e. The fraction of sp³-hybridized carbons (Fsp3) is 0.250. The number of carbonyl (C=O) groups is 2. The van der Waals surface area contributed by atoms with E-state index in [0.717, 1.165) is 17.3 Å². The Bertz CT molecular complexity index is 917. The molecule has 2 aromatic heterocycles. The van der Waals surface area contributed by atoms with Crippen molar-refractivity contribution in [1.82, 2.24) is 9.55 Å². The fourth-order valence-corrected chi connectivity index (χ4v) is 2.65. The van der Waals surface area contributed by atoms with Crippen LogP contribution in [0, 0.1) is 0 Å². The minimum absolute atomic E-state index is 0.0785. The summed E-state index contributed by atoms with van der Waals surface area (Å²) in [5.74, 6) is 0.523. The standard InChI is InChI=1S/C20H21N3O3/c1-2-14-26-17-8-5-12-21-20(17)22-18(24)9-10-19(25)23-13-11-15-6-3-4-7-16(15)23/h3-8,11-13H,2,9-10,14H2,1H3,(H,21,22,24). The SMILES string of the molecule is CCCOc1cccnc1NC(=O)CCC(=O)n1ccc2ccccc21. The smallest absolute Gasteiger partial charge is 0.231 e. The van der Waals surface area contributed by atoms with E-state index in [2.05, 4.69) is 10.3 Å². The Morgan fingerprint density at radius 1 is 1.12 bits per heavy atom. The summed E-state index contributed by atoms with van der Waals surface area (Å²) in [6, 6.07) is 13.0. The van der Waals surface area contributed by atoms with Crippen molar-refractivity contribution >= 4 is 28.5 Å². The average Bonchev–Trinajstić information content (AvgIpc) is 3.09. The number of fused-ring (bicyclic) bond motifs is 1. The van der Waals surface area contributed by atoms with E-state index < -0.39 is 0 Å². The minimum atomic E-state index is -0.269. The molecule has 1 amide bonds. The molecule has 0 unspecified atom stereocenters. The van der Waals surface area contributed by atoms with Gasteiger partial charge in [-0.15, -0.1) is 0 Å². The van der Waals surface area contributed by atoms with Gasteiger partial charge in [0.05, 0.1) is 12.1 Å². The molecule has 0 atom stereocenters. The number of aromatic nitrogens is 2. The third kappa shape index (κ3) is 4.08. The first-order chi connectivity index (χ1) is 12.7. The fourth-order valence-electron chi connectivity index (χ4n) is 2.65. The predicted octanol–water partition coefficient (Wildman–Crippen LogP) is 3.88. The first-order valence-corrected chi connectivity index (χ1v) is 8.66. The summed E-state index contributed by atoms with van der Waals surface area (Å²) in [5, 5.41) is 3.72. The zero-order chi connectivity index (χ0) is 18.4. The van der Waals surface area contributed by atoms with Crippen LogP contribution in [0.1, 0.15) is 31.0 Å². The van der Waals surface area contributed by atoms with Crippen LogP contribution in [0.2, 0.25) is 0 Å². The van der Waals surface area contributed by atoms with Crippen LogP contribution in [0.5, 0.6) is 5.75 Å². The number of nitrogens with one attached hydrogen (secondary N) is 1. The van der Waals surface area contributed by atoms with Crippen LogP contribution in [-0.2, 0) is 4.79 Å². The molecule has 1 N–H and O–H groups in total. The second-order valence-electron chi connectivity index (χ2n) is 5.89. The van der Waals surface area contributed by atoms with Gasteiger partial charge in [0.25, 0.3) is 0 Å². The Hall–Kier alpha value is -3.15. The van der Waals surface area contributed by atoms with E-state index in [4.69, 9.17) is 4.74 Å². The predicted molar refractivity (Wildman–Crippen MR) is 100 cm³/mol. The Kier molecular flexibility index (Phi) is 5.63. The second-order valence-corrected chi connectivity index (χ2v) is 5.89. The van der Waals surface area contributed by atoms with Gasteiger partial charge < -0.3 is 10.1 Å². The molecule has 0 saturated heterocycles. The minimum Gasteiger partial charge on any atom is -0.490 e. The summed E-state index contributed by atoms with van der Waals surface area (Å²) in [5.41, 5.74) is 0.845. The van der Waals surface area contributed by atoms with Gasteiger partial charge in [-0.1, -0.05) is 25.1 Å². The summed E-state index contributed by atoms with van der Waals surface area (Å²) < 4.78 is 7.15. The number of pyridine rings is 1. The maximum atomic E-state index is 12.4. The van der Waals surface area contributed by atoms with Gasteiger partial charge in [0.1, 0.15) is 0 Å². The van der Waals surface area contributed by atoms with Crippen molar-refractivity contribution in [2.24, 2.45) is 0 Å². The highest BCUT2D eigenvalue weighted by Crippen LogP contribution is 2.21. The molecule has 2 heterocycles. The molecule has 0 spiro atoms. The number of anilines is 1. The molecule has 6 nitrogen and oxygen atoms in total. The van der Waals surface area contributed by atoms with E-state index in [9.17, 15) is 9.59 Å². The lowest BCUT2D eigenvalue weighted by Crippen LogP contribution is -2.17. The van der Waals surface area contributed by atoms with E-state index in [1.54, 1.807) is 29.1 Å². The number of carbonyl (C=O) groups excluding carboxylic acids is 2. The van der Waals surface area contributed by atoms with Crippen LogP contribution in [0.3, 0.4) is 0 Å². The number of amides is 1. The highest BCUT2D eigenvalue weighted by molar-refractivity contribution is 5.96. The molecule has 0 fully saturated rings. The number of rotatable bonds is 7. The van der Waals surface area contributed by atoms with Crippen molar-refractivity contribution in [2.45, 2.75) is 26.2 Å². The molecule has 134 valence electrons. The van der Waals surface area contributed by atoms with Crippen LogP contribution in [0.15, 0.2) is 54.9 Å². The molecule has 0 aliphatic carbocycles. The van der Waals surface area contributed by atoms with Gasteiger partial charge in [0.2, 0.25) is 11.8 Å². The van der Waals surface area contributed by atoms with Crippen molar-refractivity contribution in [3.63, 3.8) is 0 Å². The molecule has 0 aliphatic rings. The lowest BCUT2D eigenvalue weighted by molar-refractivity contribution is -0.116. The normalized spacial score (nSPS) is 10.7. The van der Waals surface area contributed by atoms with E-state index in [0.29, 0.717) is 18.2 Å². The largest absolute Gasteiger partial charge is 0.490 e. The van der Waals surface area contributed by atoms with Crippen LogP contribution < -0.4 is 10.1 Å². The van der Waals surface area contributed by atoms with Crippen molar-refractivity contribution < 1.29 is 14.3 Å². The molecule has 3 rings (SSSR count). The number of hydrogen-bond acceptors (Lipinski definition) is 4. The zero-order valence-corrected chi connectivity index (χ0v) is 14.6. The quantitative estimate of drug-likeness (QED) is 0.701. The van der Waals surface area contributed by atoms with Gasteiger partial charge in [-0.2, -0.15) is 0 Å². The molecule has 26 heavy (non-hydrogen) atoms. The lowest BCUT2D eigenvalue weighted by atomic mass is 10.2. The van der Waals surface area contributed by atoms with Gasteiger partial charge in [-0.05, 0) is 30.7 Å². The molecule has 1 aromatic carbocycles. The molecular weight excluding hydrogens is 330 g/mol. The van der Waals surface area contributed by atoms with Crippen LogP contribution in [0.25, 0.3) is 10.9 Å². The third-order valence-corrected chi connectivity index (χ3v) is 3.92. The molecule has 0 aliphatic heterocycles. The van der Waals surface area contributed by atoms with E-state index in [1.807, 2.05) is 37.3 Å². The highest BCUT2D eigenvalue weighted by Gasteiger charge is 2.13. The van der Waals surface area contributed by atoms with Crippen molar-refractivity contribution in [3.05, 3.63) is 54.9 Å².